The van der Waals surface area contributed by atoms with Crippen molar-refractivity contribution in [1.29, 1.82) is 5.26 Å². The minimum absolute atomic E-state index is 0.353. The molecular formula is C17H21N3O. The molecule has 1 aromatic rings. The van der Waals surface area contributed by atoms with Gasteiger partial charge in [-0.15, -0.1) is 0 Å². The lowest BCUT2D eigenvalue weighted by atomic mass is 10.1. The van der Waals surface area contributed by atoms with E-state index in [2.05, 4.69) is 22.8 Å². The molecule has 4 heteroatoms. The summed E-state index contributed by atoms with van der Waals surface area (Å²) in [5, 5.41) is 8.80. The van der Waals surface area contributed by atoms with E-state index in [0.29, 0.717) is 19.0 Å². The molecule has 2 N–H and O–H groups in total. The van der Waals surface area contributed by atoms with E-state index in [-0.39, 0.29) is 0 Å². The molecule has 0 bridgehead atoms. The Balaban J connectivity index is 2.20. The smallest absolute Gasteiger partial charge is 0.119 e. The number of nitrogens with two attached hydrogens (primary N) is 1. The van der Waals surface area contributed by atoms with Gasteiger partial charge < -0.3 is 10.5 Å². The summed E-state index contributed by atoms with van der Waals surface area (Å²) in [6, 6.07) is 8.76. The van der Waals surface area contributed by atoms with Crippen LogP contribution in [0.3, 0.4) is 0 Å². The van der Waals surface area contributed by atoms with E-state index in [4.69, 9.17) is 15.7 Å². The standard InChI is InChI=1S/C17H21N3O/c1-21-17-8-5-14(4-2-9-18)15(12-17)13-20(11-3-10-19)16-6-7-16/h5,8,12,16H,3,6-7,9,11,13,18H2,1H3. The van der Waals surface area contributed by atoms with Gasteiger partial charge in [-0.05, 0) is 36.6 Å². The van der Waals surface area contributed by atoms with Gasteiger partial charge >= 0.3 is 0 Å². The molecule has 0 saturated heterocycles. The van der Waals surface area contributed by atoms with Crippen molar-refractivity contribution in [2.24, 2.45) is 5.73 Å². The van der Waals surface area contributed by atoms with Crippen molar-refractivity contribution in [3.8, 4) is 23.7 Å². The van der Waals surface area contributed by atoms with Crippen LogP contribution < -0.4 is 10.5 Å². The zero-order chi connectivity index (χ0) is 15.1. The summed E-state index contributed by atoms with van der Waals surface area (Å²) in [7, 11) is 1.67. The van der Waals surface area contributed by atoms with Gasteiger partial charge in [0.25, 0.3) is 0 Å². The zero-order valence-corrected chi connectivity index (χ0v) is 12.4. The highest BCUT2D eigenvalue weighted by Gasteiger charge is 2.28. The molecule has 0 aromatic heterocycles. The Labute approximate surface area is 126 Å². The molecular weight excluding hydrogens is 262 g/mol. The second-order valence-corrected chi connectivity index (χ2v) is 5.14. The SMILES string of the molecule is COc1ccc(C#CCN)c(CN(CCC#N)C2CC2)c1. The molecule has 1 saturated carbocycles. The fraction of sp³-hybridized carbons (Fsp3) is 0.471. The quantitative estimate of drug-likeness (QED) is 0.810. The molecule has 0 spiro atoms. The Kier molecular flexibility index (Phi) is 5.63. The number of nitrogens with zero attached hydrogens (tertiary/aromatic N) is 2. The Bertz CT molecular complexity index is 576. The van der Waals surface area contributed by atoms with Gasteiger partial charge in [-0.3, -0.25) is 4.90 Å². The lowest BCUT2D eigenvalue weighted by molar-refractivity contribution is 0.260. The number of nitriles is 1. The lowest BCUT2D eigenvalue weighted by Gasteiger charge is -2.21. The zero-order valence-electron chi connectivity index (χ0n) is 12.4. The fourth-order valence-corrected chi connectivity index (χ4v) is 2.34. The van der Waals surface area contributed by atoms with E-state index < -0.39 is 0 Å². The van der Waals surface area contributed by atoms with Gasteiger partial charge in [-0.2, -0.15) is 5.26 Å². The summed E-state index contributed by atoms with van der Waals surface area (Å²) >= 11 is 0. The molecule has 0 unspecified atom stereocenters. The van der Waals surface area contributed by atoms with Crippen LogP contribution in [0.25, 0.3) is 0 Å². The predicted molar refractivity (Wildman–Crippen MR) is 82.6 cm³/mol. The maximum Gasteiger partial charge on any atom is 0.119 e. The minimum Gasteiger partial charge on any atom is -0.497 e. The van der Waals surface area contributed by atoms with Gasteiger partial charge in [-0.25, -0.2) is 0 Å². The van der Waals surface area contributed by atoms with Gasteiger partial charge in [0.1, 0.15) is 5.75 Å². The summed E-state index contributed by atoms with van der Waals surface area (Å²) in [5.74, 6) is 6.87. The topological polar surface area (TPSA) is 62.3 Å². The maximum absolute atomic E-state index is 8.80. The number of hydrogen-bond acceptors (Lipinski definition) is 4. The first-order valence-electron chi connectivity index (χ1n) is 7.25. The molecule has 1 fully saturated rings. The van der Waals surface area contributed by atoms with Crippen molar-refractivity contribution in [2.45, 2.75) is 31.8 Å². The van der Waals surface area contributed by atoms with Crippen LogP contribution in [0, 0.1) is 23.2 Å². The second kappa shape index (κ2) is 7.69. The molecule has 110 valence electrons. The van der Waals surface area contributed by atoms with Crippen molar-refractivity contribution in [3.05, 3.63) is 29.3 Å². The van der Waals surface area contributed by atoms with Crippen LogP contribution in [0.2, 0.25) is 0 Å². The first kappa shape index (κ1) is 15.4. The average Bonchev–Trinajstić information content (AvgIpc) is 3.34. The molecule has 0 aliphatic heterocycles. The average molecular weight is 283 g/mol. The number of methoxy groups -OCH3 is 1. The van der Waals surface area contributed by atoms with E-state index >= 15 is 0 Å². The van der Waals surface area contributed by atoms with Crippen molar-refractivity contribution in [3.63, 3.8) is 0 Å². The lowest BCUT2D eigenvalue weighted by Crippen LogP contribution is -2.27. The Morgan fingerprint density at radius 3 is 2.86 bits per heavy atom. The fourth-order valence-electron chi connectivity index (χ4n) is 2.34. The molecule has 1 aliphatic carbocycles. The molecule has 2 rings (SSSR count). The molecule has 21 heavy (non-hydrogen) atoms. The minimum atomic E-state index is 0.353. The maximum atomic E-state index is 8.80. The summed E-state index contributed by atoms with van der Waals surface area (Å²) < 4.78 is 5.31. The predicted octanol–water partition coefficient (Wildman–Crippen LogP) is 1.88. The third-order valence-corrected chi connectivity index (χ3v) is 3.59. The van der Waals surface area contributed by atoms with Gasteiger partial charge in [0, 0.05) is 31.1 Å². The first-order valence-corrected chi connectivity index (χ1v) is 7.25. The molecule has 0 heterocycles. The highest BCUT2D eigenvalue weighted by atomic mass is 16.5. The van der Waals surface area contributed by atoms with E-state index in [1.165, 1.54) is 12.8 Å². The highest BCUT2D eigenvalue weighted by Crippen LogP contribution is 2.29. The summed E-state index contributed by atoms with van der Waals surface area (Å²) in [5.41, 5.74) is 7.59. The van der Waals surface area contributed by atoms with Crippen LogP contribution in [0.4, 0.5) is 0 Å². The third kappa shape index (κ3) is 4.49. The molecule has 0 amide bonds. The number of rotatable bonds is 6. The number of benzene rings is 1. The Morgan fingerprint density at radius 2 is 2.24 bits per heavy atom. The van der Waals surface area contributed by atoms with Crippen molar-refractivity contribution < 1.29 is 4.74 Å². The number of ether oxygens (including phenoxy) is 1. The van der Waals surface area contributed by atoms with Gasteiger partial charge in [0.05, 0.1) is 19.7 Å². The van der Waals surface area contributed by atoms with Crippen LogP contribution >= 0.6 is 0 Å². The molecule has 4 nitrogen and oxygen atoms in total. The monoisotopic (exact) mass is 283 g/mol. The van der Waals surface area contributed by atoms with Crippen molar-refractivity contribution in [2.75, 3.05) is 20.2 Å². The van der Waals surface area contributed by atoms with Crippen LogP contribution in [-0.2, 0) is 6.54 Å². The first-order chi connectivity index (χ1) is 10.3. The summed E-state index contributed by atoms with van der Waals surface area (Å²) in [4.78, 5) is 2.37. The van der Waals surface area contributed by atoms with E-state index in [9.17, 15) is 0 Å². The normalized spacial score (nSPS) is 13.4. The van der Waals surface area contributed by atoms with Crippen LogP contribution in [0.1, 0.15) is 30.4 Å². The second-order valence-electron chi connectivity index (χ2n) is 5.14. The summed E-state index contributed by atoms with van der Waals surface area (Å²) in [6.45, 7) is 1.96. The van der Waals surface area contributed by atoms with Crippen molar-refractivity contribution >= 4 is 0 Å². The van der Waals surface area contributed by atoms with Crippen LogP contribution in [-0.4, -0.2) is 31.1 Å². The van der Waals surface area contributed by atoms with Gasteiger partial charge in [-0.1, -0.05) is 11.8 Å². The highest BCUT2D eigenvalue weighted by molar-refractivity contribution is 5.45. The molecule has 1 aromatic carbocycles. The third-order valence-electron chi connectivity index (χ3n) is 3.59. The van der Waals surface area contributed by atoms with Crippen LogP contribution in [0.15, 0.2) is 18.2 Å². The van der Waals surface area contributed by atoms with Crippen molar-refractivity contribution in [1.82, 2.24) is 4.90 Å². The van der Waals surface area contributed by atoms with E-state index in [0.717, 1.165) is 30.0 Å². The van der Waals surface area contributed by atoms with Gasteiger partial charge in [0.15, 0.2) is 0 Å². The van der Waals surface area contributed by atoms with E-state index in [1.807, 2.05) is 18.2 Å². The van der Waals surface area contributed by atoms with E-state index in [1.54, 1.807) is 7.11 Å². The molecule has 0 radical (unpaired) electrons. The summed E-state index contributed by atoms with van der Waals surface area (Å²) in [6.07, 6.45) is 3.00. The molecule has 1 aliphatic rings. The number of hydrogen-bond donors (Lipinski definition) is 1. The van der Waals surface area contributed by atoms with Crippen LogP contribution in [0.5, 0.6) is 5.75 Å². The largest absolute Gasteiger partial charge is 0.497 e. The Morgan fingerprint density at radius 1 is 1.43 bits per heavy atom. The Hall–Kier alpha value is -2.01. The molecule has 0 atom stereocenters. The van der Waals surface area contributed by atoms with Gasteiger partial charge in [0.2, 0.25) is 0 Å².